The highest BCUT2D eigenvalue weighted by Gasteiger charge is 2.44. The second kappa shape index (κ2) is 6.20. The summed E-state index contributed by atoms with van der Waals surface area (Å²) in [6, 6.07) is 0.944. The van der Waals surface area contributed by atoms with Crippen LogP contribution in [0.4, 0.5) is 0 Å². The van der Waals surface area contributed by atoms with Gasteiger partial charge in [0.2, 0.25) is 0 Å². The van der Waals surface area contributed by atoms with Crippen LogP contribution in [0, 0.1) is 5.41 Å². The Morgan fingerprint density at radius 2 is 2.14 bits per heavy atom. The van der Waals surface area contributed by atoms with Gasteiger partial charge in [0.25, 0.3) is 5.91 Å². The van der Waals surface area contributed by atoms with Gasteiger partial charge < -0.3 is 10.4 Å². The summed E-state index contributed by atoms with van der Waals surface area (Å²) < 4.78 is 0. The van der Waals surface area contributed by atoms with E-state index in [2.05, 4.69) is 10.3 Å². The Morgan fingerprint density at radius 3 is 2.81 bits per heavy atom. The Morgan fingerprint density at radius 1 is 1.43 bits per heavy atom. The van der Waals surface area contributed by atoms with Gasteiger partial charge in [-0.2, -0.15) is 0 Å². The highest BCUT2D eigenvalue weighted by atomic mass is 35.5. The van der Waals surface area contributed by atoms with E-state index in [4.69, 9.17) is 23.2 Å². The van der Waals surface area contributed by atoms with Crippen LogP contribution in [-0.4, -0.2) is 28.0 Å². The van der Waals surface area contributed by atoms with Crippen LogP contribution in [0.5, 0.6) is 0 Å². The number of hydrogen-bond acceptors (Lipinski definition) is 3. The second-order valence-corrected chi connectivity index (χ2v) is 6.28. The average molecular weight is 331 g/mol. The predicted octanol–water partition coefficient (Wildman–Crippen LogP) is 3.15. The van der Waals surface area contributed by atoms with E-state index in [9.17, 15) is 14.7 Å². The van der Waals surface area contributed by atoms with Crippen molar-refractivity contribution in [3.05, 3.63) is 28.0 Å². The standard InChI is InChI=1S/C14H16Cl2N2O3/c1-14(13(20)21)5-3-2-4-10(14)18-12(19)8-6-11(16)17-7-9(8)15/h6-7,10H,2-5H2,1H3,(H,18,19)(H,20,21). The lowest BCUT2D eigenvalue weighted by Crippen LogP contribution is -2.52. The van der Waals surface area contributed by atoms with Gasteiger partial charge in [-0.15, -0.1) is 0 Å². The van der Waals surface area contributed by atoms with Crippen molar-refractivity contribution in [2.75, 3.05) is 0 Å². The highest BCUT2D eigenvalue weighted by molar-refractivity contribution is 6.35. The van der Waals surface area contributed by atoms with Crippen molar-refractivity contribution in [3.8, 4) is 0 Å². The van der Waals surface area contributed by atoms with Gasteiger partial charge >= 0.3 is 5.97 Å². The van der Waals surface area contributed by atoms with E-state index in [-0.39, 0.29) is 15.7 Å². The van der Waals surface area contributed by atoms with Gasteiger partial charge in [0.1, 0.15) is 5.15 Å². The number of nitrogens with one attached hydrogen (secondary N) is 1. The Kier molecular flexibility index (Phi) is 4.74. The van der Waals surface area contributed by atoms with Crippen LogP contribution in [0.15, 0.2) is 12.3 Å². The first kappa shape index (κ1) is 16.0. The van der Waals surface area contributed by atoms with Crippen molar-refractivity contribution >= 4 is 35.1 Å². The second-order valence-electron chi connectivity index (χ2n) is 5.48. The molecule has 2 atom stereocenters. The molecule has 114 valence electrons. The lowest BCUT2D eigenvalue weighted by atomic mass is 9.71. The molecule has 0 bridgehead atoms. The van der Waals surface area contributed by atoms with Crippen molar-refractivity contribution in [2.24, 2.45) is 5.41 Å². The molecule has 0 saturated heterocycles. The van der Waals surface area contributed by atoms with Crippen molar-refractivity contribution in [2.45, 2.75) is 38.6 Å². The van der Waals surface area contributed by atoms with E-state index in [1.165, 1.54) is 12.3 Å². The smallest absolute Gasteiger partial charge is 0.311 e. The van der Waals surface area contributed by atoms with Gasteiger partial charge in [-0.3, -0.25) is 9.59 Å². The summed E-state index contributed by atoms with van der Waals surface area (Å²) in [4.78, 5) is 27.6. The number of nitrogens with zero attached hydrogens (tertiary/aromatic N) is 1. The monoisotopic (exact) mass is 330 g/mol. The molecule has 1 aliphatic rings. The average Bonchev–Trinajstić information content (AvgIpc) is 2.43. The number of carboxylic acids is 1. The molecule has 0 aliphatic heterocycles. The maximum Gasteiger partial charge on any atom is 0.311 e. The Balaban J connectivity index is 2.21. The van der Waals surface area contributed by atoms with Crippen LogP contribution in [0.2, 0.25) is 10.2 Å². The SMILES string of the molecule is CC1(C(=O)O)CCCCC1NC(=O)c1cc(Cl)ncc1Cl. The quantitative estimate of drug-likeness (QED) is 0.834. The number of aromatic nitrogens is 1. The topological polar surface area (TPSA) is 79.3 Å². The van der Waals surface area contributed by atoms with Gasteiger partial charge in [-0.25, -0.2) is 4.98 Å². The molecule has 1 heterocycles. The molecule has 2 unspecified atom stereocenters. The molecule has 1 fully saturated rings. The lowest BCUT2D eigenvalue weighted by Gasteiger charge is -2.38. The minimum absolute atomic E-state index is 0.161. The van der Waals surface area contributed by atoms with Gasteiger partial charge in [0.05, 0.1) is 16.0 Å². The minimum atomic E-state index is -0.961. The van der Waals surface area contributed by atoms with E-state index < -0.39 is 23.3 Å². The fourth-order valence-corrected chi connectivity index (χ4v) is 2.99. The number of hydrogen-bond donors (Lipinski definition) is 2. The molecule has 0 aromatic carbocycles. The third-order valence-corrected chi connectivity index (χ3v) is 4.58. The maximum absolute atomic E-state index is 12.3. The largest absolute Gasteiger partial charge is 0.481 e. The van der Waals surface area contributed by atoms with Crippen molar-refractivity contribution in [1.82, 2.24) is 10.3 Å². The summed E-state index contributed by atoms with van der Waals surface area (Å²) in [5.74, 6) is -1.32. The lowest BCUT2D eigenvalue weighted by molar-refractivity contribution is -0.151. The Hall–Kier alpha value is -1.33. The summed E-state index contributed by atoms with van der Waals surface area (Å²) in [5.41, 5.74) is -0.757. The Labute approximate surface area is 132 Å². The van der Waals surface area contributed by atoms with Gasteiger partial charge in [-0.1, -0.05) is 36.0 Å². The molecule has 0 radical (unpaired) electrons. The molecule has 2 N–H and O–H groups in total. The van der Waals surface area contributed by atoms with Gasteiger partial charge in [0, 0.05) is 12.2 Å². The minimum Gasteiger partial charge on any atom is -0.481 e. The first-order valence-electron chi connectivity index (χ1n) is 6.70. The van der Waals surface area contributed by atoms with E-state index >= 15 is 0 Å². The summed E-state index contributed by atoms with van der Waals surface area (Å²) in [6.07, 6.45) is 4.20. The van der Waals surface area contributed by atoms with E-state index in [0.717, 1.165) is 12.8 Å². The normalized spacial score (nSPS) is 25.4. The number of carbonyl (C=O) groups is 2. The summed E-state index contributed by atoms with van der Waals surface area (Å²) >= 11 is 11.7. The zero-order chi connectivity index (χ0) is 15.6. The highest BCUT2D eigenvalue weighted by Crippen LogP contribution is 2.36. The van der Waals surface area contributed by atoms with E-state index in [1.54, 1.807) is 6.92 Å². The maximum atomic E-state index is 12.3. The molecule has 1 aliphatic carbocycles. The molecule has 1 saturated carbocycles. The summed E-state index contributed by atoms with van der Waals surface area (Å²) in [6.45, 7) is 1.67. The number of aliphatic carboxylic acids is 1. The van der Waals surface area contributed by atoms with Crippen LogP contribution in [0.3, 0.4) is 0 Å². The molecular formula is C14H16Cl2N2O3. The number of rotatable bonds is 3. The predicted molar refractivity (Wildman–Crippen MR) is 79.7 cm³/mol. The van der Waals surface area contributed by atoms with Crippen molar-refractivity contribution in [3.63, 3.8) is 0 Å². The molecule has 5 nitrogen and oxygen atoms in total. The molecule has 1 aromatic rings. The molecule has 7 heteroatoms. The number of carboxylic acid groups (broad SMARTS) is 1. The molecule has 1 amide bonds. The molecule has 0 spiro atoms. The fraction of sp³-hybridized carbons (Fsp3) is 0.500. The van der Waals surface area contributed by atoms with Crippen LogP contribution >= 0.6 is 23.2 Å². The number of halogens is 2. The van der Waals surface area contributed by atoms with Crippen LogP contribution < -0.4 is 5.32 Å². The van der Waals surface area contributed by atoms with Crippen LogP contribution in [-0.2, 0) is 4.79 Å². The molecule has 2 rings (SSSR count). The van der Waals surface area contributed by atoms with Crippen molar-refractivity contribution in [1.29, 1.82) is 0 Å². The van der Waals surface area contributed by atoms with Gasteiger partial charge in [0.15, 0.2) is 0 Å². The zero-order valence-corrected chi connectivity index (χ0v) is 13.0. The van der Waals surface area contributed by atoms with Crippen LogP contribution in [0.25, 0.3) is 0 Å². The van der Waals surface area contributed by atoms with E-state index in [1.807, 2.05) is 0 Å². The summed E-state index contributed by atoms with van der Waals surface area (Å²) in [7, 11) is 0. The number of amides is 1. The molecule has 21 heavy (non-hydrogen) atoms. The third-order valence-electron chi connectivity index (χ3n) is 4.07. The van der Waals surface area contributed by atoms with Gasteiger partial charge in [-0.05, 0) is 25.8 Å². The van der Waals surface area contributed by atoms with Crippen molar-refractivity contribution < 1.29 is 14.7 Å². The first-order chi connectivity index (χ1) is 9.84. The fourth-order valence-electron chi connectivity index (χ4n) is 2.64. The summed E-state index contributed by atoms with van der Waals surface area (Å²) in [5, 5.41) is 12.6. The third kappa shape index (κ3) is 3.30. The zero-order valence-electron chi connectivity index (χ0n) is 11.5. The molecular weight excluding hydrogens is 315 g/mol. The first-order valence-corrected chi connectivity index (χ1v) is 7.45. The van der Waals surface area contributed by atoms with Crippen LogP contribution in [0.1, 0.15) is 43.0 Å². The number of pyridine rings is 1. The van der Waals surface area contributed by atoms with E-state index in [0.29, 0.717) is 12.8 Å². The molecule has 1 aromatic heterocycles. The number of carbonyl (C=O) groups excluding carboxylic acids is 1. The Bertz CT molecular complexity index is 579.